The van der Waals surface area contributed by atoms with E-state index in [9.17, 15) is 5.11 Å². The summed E-state index contributed by atoms with van der Waals surface area (Å²) in [5, 5.41) is 10.6. The van der Waals surface area contributed by atoms with Gasteiger partial charge < -0.3 is 19.3 Å². The lowest BCUT2D eigenvalue weighted by molar-refractivity contribution is 0.0626. The normalized spacial score (nSPS) is 12.0. The molecule has 23 heavy (non-hydrogen) atoms. The number of rotatable bonds is 9. The Balaban J connectivity index is 1.71. The fraction of sp³-hybridized carbons (Fsp3) is 0.333. The highest BCUT2D eigenvalue weighted by Gasteiger charge is 2.07. The van der Waals surface area contributed by atoms with Gasteiger partial charge in [0, 0.05) is 12.1 Å². The predicted molar refractivity (Wildman–Crippen MR) is 90.5 cm³/mol. The van der Waals surface area contributed by atoms with Gasteiger partial charge >= 0.3 is 0 Å². The molecule has 2 aromatic rings. The fourth-order valence-electron chi connectivity index (χ4n) is 1.94. The second-order valence-corrected chi connectivity index (χ2v) is 5.55. The number of aliphatic hydroxyl groups excluding tert-OH is 1. The molecule has 0 saturated carbocycles. The molecule has 2 rings (SSSR count). The molecule has 0 aromatic heterocycles. The highest BCUT2D eigenvalue weighted by atomic mass is 35.5. The van der Waals surface area contributed by atoms with Gasteiger partial charge in [-0.05, 0) is 48.4 Å². The van der Waals surface area contributed by atoms with E-state index < -0.39 is 6.10 Å². The van der Waals surface area contributed by atoms with Crippen LogP contribution < -0.4 is 9.47 Å². The maximum Gasteiger partial charge on any atom is 0.122 e. The number of halogens is 1. The van der Waals surface area contributed by atoms with Crippen molar-refractivity contribution in [3.05, 3.63) is 59.1 Å². The van der Waals surface area contributed by atoms with E-state index >= 15 is 0 Å². The molecule has 1 atom stereocenters. The molecule has 4 nitrogen and oxygen atoms in total. The maximum absolute atomic E-state index is 9.90. The summed E-state index contributed by atoms with van der Waals surface area (Å²) in [5.74, 6) is 1.38. The van der Waals surface area contributed by atoms with Crippen molar-refractivity contribution in [1.82, 2.24) is 0 Å². The Morgan fingerprint density at radius 1 is 0.913 bits per heavy atom. The van der Waals surface area contributed by atoms with E-state index in [2.05, 4.69) is 0 Å². The predicted octanol–water partition coefficient (Wildman–Crippen LogP) is 3.35. The van der Waals surface area contributed by atoms with Crippen LogP contribution in [0, 0.1) is 0 Å². The Bertz CT molecular complexity index is 569. The monoisotopic (exact) mass is 336 g/mol. The topological polar surface area (TPSA) is 47.9 Å². The standard InChI is InChI=1S/C18H21ClO4/c1-21-11-10-14-2-6-17(7-3-14)22-12-16(20)13-23-18-8-4-15(19)5-9-18/h2-9,16,20H,10-13H2,1H3. The summed E-state index contributed by atoms with van der Waals surface area (Å²) >= 11 is 5.80. The average molecular weight is 337 g/mol. The van der Waals surface area contributed by atoms with Crippen molar-refractivity contribution in [3.8, 4) is 11.5 Å². The SMILES string of the molecule is COCCc1ccc(OCC(O)COc2ccc(Cl)cc2)cc1. The molecule has 124 valence electrons. The fourth-order valence-corrected chi connectivity index (χ4v) is 2.06. The van der Waals surface area contributed by atoms with Crippen LogP contribution in [0.3, 0.4) is 0 Å². The van der Waals surface area contributed by atoms with Crippen molar-refractivity contribution < 1.29 is 19.3 Å². The summed E-state index contributed by atoms with van der Waals surface area (Å²) in [6, 6.07) is 14.8. The smallest absolute Gasteiger partial charge is 0.122 e. The van der Waals surface area contributed by atoms with Crippen LogP contribution in [0.15, 0.2) is 48.5 Å². The first-order valence-electron chi connectivity index (χ1n) is 7.44. The minimum Gasteiger partial charge on any atom is -0.491 e. The van der Waals surface area contributed by atoms with Gasteiger partial charge in [0.2, 0.25) is 0 Å². The largest absolute Gasteiger partial charge is 0.491 e. The van der Waals surface area contributed by atoms with Crippen LogP contribution in [-0.2, 0) is 11.2 Å². The van der Waals surface area contributed by atoms with Gasteiger partial charge in [-0.25, -0.2) is 0 Å². The van der Waals surface area contributed by atoms with E-state index in [1.165, 1.54) is 5.56 Å². The van der Waals surface area contributed by atoms with Gasteiger partial charge in [0.15, 0.2) is 0 Å². The van der Waals surface area contributed by atoms with Crippen LogP contribution in [0.4, 0.5) is 0 Å². The minimum absolute atomic E-state index is 0.160. The van der Waals surface area contributed by atoms with Crippen molar-refractivity contribution in [2.45, 2.75) is 12.5 Å². The molecule has 5 heteroatoms. The summed E-state index contributed by atoms with van der Waals surface area (Å²) in [7, 11) is 1.69. The molecule has 0 fully saturated rings. The number of aliphatic hydroxyl groups is 1. The van der Waals surface area contributed by atoms with Crippen molar-refractivity contribution in [2.75, 3.05) is 26.9 Å². The van der Waals surface area contributed by atoms with Gasteiger partial charge in [0.1, 0.15) is 30.8 Å². The van der Waals surface area contributed by atoms with Crippen molar-refractivity contribution in [3.63, 3.8) is 0 Å². The highest BCUT2D eigenvalue weighted by molar-refractivity contribution is 6.30. The quantitative estimate of drug-likeness (QED) is 0.763. The molecule has 1 N–H and O–H groups in total. The first-order valence-corrected chi connectivity index (χ1v) is 7.82. The number of methoxy groups -OCH3 is 1. The molecule has 0 amide bonds. The molecule has 0 bridgehead atoms. The van der Waals surface area contributed by atoms with Crippen LogP contribution in [0.5, 0.6) is 11.5 Å². The Labute approximate surface area is 141 Å². The summed E-state index contributed by atoms with van der Waals surface area (Å²) in [4.78, 5) is 0. The second-order valence-electron chi connectivity index (χ2n) is 5.12. The minimum atomic E-state index is -0.709. The van der Waals surface area contributed by atoms with Gasteiger partial charge in [-0.3, -0.25) is 0 Å². The van der Waals surface area contributed by atoms with Gasteiger partial charge in [0.05, 0.1) is 6.61 Å². The second kappa shape index (κ2) is 9.40. The zero-order valence-corrected chi connectivity index (χ0v) is 13.8. The molecule has 0 radical (unpaired) electrons. The number of hydrogen-bond acceptors (Lipinski definition) is 4. The van der Waals surface area contributed by atoms with Crippen LogP contribution in [0.2, 0.25) is 5.02 Å². The number of ether oxygens (including phenoxy) is 3. The third-order valence-electron chi connectivity index (χ3n) is 3.22. The molecule has 0 aliphatic rings. The maximum atomic E-state index is 9.90. The van der Waals surface area contributed by atoms with Crippen molar-refractivity contribution in [2.24, 2.45) is 0 Å². The van der Waals surface area contributed by atoms with E-state index in [0.29, 0.717) is 17.4 Å². The van der Waals surface area contributed by atoms with Gasteiger partial charge in [0.25, 0.3) is 0 Å². The molecule has 0 heterocycles. The third-order valence-corrected chi connectivity index (χ3v) is 3.47. The zero-order valence-electron chi connectivity index (χ0n) is 13.1. The Morgan fingerprint density at radius 2 is 1.43 bits per heavy atom. The van der Waals surface area contributed by atoms with Gasteiger partial charge in [-0.15, -0.1) is 0 Å². The van der Waals surface area contributed by atoms with Crippen molar-refractivity contribution >= 4 is 11.6 Å². The number of hydrogen-bond donors (Lipinski definition) is 1. The molecule has 0 spiro atoms. The molecule has 0 aliphatic heterocycles. The van der Waals surface area contributed by atoms with Gasteiger partial charge in [-0.1, -0.05) is 23.7 Å². The van der Waals surface area contributed by atoms with Crippen LogP contribution >= 0.6 is 11.6 Å². The number of benzene rings is 2. The molecular formula is C18H21ClO4. The van der Waals surface area contributed by atoms with Gasteiger partial charge in [-0.2, -0.15) is 0 Å². The van der Waals surface area contributed by atoms with Crippen LogP contribution in [-0.4, -0.2) is 38.1 Å². The van der Waals surface area contributed by atoms with Crippen LogP contribution in [0.25, 0.3) is 0 Å². The van der Waals surface area contributed by atoms with E-state index in [1.807, 2.05) is 24.3 Å². The summed E-state index contributed by atoms with van der Waals surface area (Å²) < 4.78 is 16.1. The van der Waals surface area contributed by atoms with E-state index in [0.717, 1.165) is 12.2 Å². The van der Waals surface area contributed by atoms with Crippen molar-refractivity contribution in [1.29, 1.82) is 0 Å². The first-order chi connectivity index (χ1) is 11.2. The average Bonchev–Trinajstić information content (AvgIpc) is 2.58. The van der Waals surface area contributed by atoms with E-state index in [-0.39, 0.29) is 13.2 Å². The van der Waals surface area contributed by atoms with Crippen LogP contribution in [0.1, 0.15) is 5.56 Å². The molecule has 0 aliphatic carbocycles. The Morgan fingerprint density at radius 3 is 1.96 bits per heavy atom. The molecule has 0 saturated heterocycles. The molecule has 2 aromatic carbocycles. The molecular weight excluding hydrogens is 316 g/mol. The lowest BCUT2D eigenvalue weighted by atomic mass is 10.1. The lowest BCUT2D eigenvalue weighted by Gasteiger charge is -2.14. The highest BCUT2D eigenvalue weighted by Crippen LogP contribution is 2.16. The Hall–Kier alpha value is -1.75. The lowest BCUT2D eigenvalue weighted by Crippen LogP contribution is -2.25. The Kier molecular flexibility index (Phi) is 7.20. The zero-order chi connectivity index (χ0) is 16.5. The third kappa shape index (κ3) is 6.48. The summed E-state index contributed by atoms with van der Waals surface area (Å²) in [5.41, 5.74) is 1.19. The van der Waals surface area contributed by atoms with E-state index in [1.54, 1.807) is 31.4 Å². The first kappa shape index (κ1) is 17.6. The molecule has 1 unspecified atom stereocenters. The summed E-state index contributed by atoms with van der Waals surface area (Å²) in [6.45, 7) is 1.03. The van der Waals surface area contributed by atoms with E-state index in [4.69, 9.17) is 25.8 Å². The summed E-state index contributed by atoms with van der Waals surface area (Å²) in [6.07, 6.45) is 0.160.